The lowest BCUT2D eigenvalue weighted by Gasteiger charge is -2.20. The molecule has 4 nitrogen and oxygen atoms in total. The van der Waals surface area contributed by atoms with Crippen molar-refractivity contribution in [1.29, 1.82) is 0 Å². The first-order valence-electron chi connectivity index (χ1n) is 8.78. The highest BCUT2D eigenvalue weighted by molar-refractivity contribution is 5.81. The molecule has 0 fully saturated rings. The molecule has 0 spiro atoms. The highest BCUT2D eigenvalue weighted by Gasteiger charge is 2.17. The molecule has 21 heavy (non-hydrogen) atoms. The first-order chi connectivity index (χ1) is 10.0. The normalized spacial score (nSPS) is 14.2. The molecule has 2 unspecified atom stereocenters. The summed E-state index contributed by atoms with van der Waals surface area (Å²) in [6.45, 7) is 9.94. The van der Waals surface area contributed by atoms with Crippen LogP contribution in [0.2, 0.25) is 0 Å². The fourth-order valence-corrected chi connectivity index (χ4v) is 2.71. The van der Waals surface area contributed by atoms with E-state index in [4.69, 9.17) is 5.73 Å². The maximum Gasteiger partial charge on any atom is 0.237 e. The van der Waals surface area contributed by atoms with Crippen LogP contribution in [0.3, 0.4) is 0 Å². The first-order valence-corrected chi connectivity index (χ1v) is 8.78. The zero-order valence-electron chi connectivity index (χ0n) is 14.6. The van der Waals surface area contributed by atoms with E-state index in [1.165, 1.54) is 32.1 Å². The molecule has 0 aromatic heterocycles. The summed E-state index contributed by atoms with van der Waals surface area (Å²) in [5, 5.41) is 6.31. The third kappa shape index (κ3) is 10.7. The molecule has 0 radical (unpaired) electrons. The number of carbonyl (C=O) groups is 1. The van der Waals surface area contributed by atoms with Gasteiger partial charge in [-0.1, -0.05) is 59.8 Å². The molecule has 2 atom stereocenters. The van der Waals surface area contributed by atoms with E-state index < -0.39 is 0 Å². The van der Waals surface area contributed by atoms with Gasteiger partial charge in [0.05, 0.1) is 6.04 Å². The Labute approximate surface area is 131 Å². The third-order valence-electron chi connectivity index (χ3n) is 3.92. The van der Waals surface area contributed by atoms with Crippen molar-refractivity contribution in [2.24, 2.45) is 11.7 Å². The summed E-state index contributed by atoms with van der Waals surface area (Å²) in [5.74, 6) is 0.952. The molecular formula is C17H37N3O. The van der Waals surface area contributed by atoms with Crippen molar-refractivity contribution < 1.29 is 4.79 Å². The average Bonchev–Trinajstić information content (AvgIpc) is 2.44. The van der Waals surface area contributed by atoms with Gasteiger partial charge in [-0.2, -0.15) is 0 Å². The Morgan fingerprint density at radius 2 is 1.81 bits per heavy atom. The lowest BCUT2D eigenvalue weighted by molar-refractivity contribution is -0.123. The zero-order chi connectivity index (χ0) is 16.1. The van der Waals surface area contributed by atoms with E-state index in [2.05, 4.69) is 38.3 Å². The van der Waals surface area contributed by atoms with Gasteiger partial charge >= 0.3 is 0 Å². The minimum absolute atomic E-state index is 0.0924. The standard InChI is InChI=1S/C17H37N3O/c1-5-9-15(6-2)10-7-8-13-19-17(21)16(11-12-18)20-14(3)4/h14-16,20H,5-13,18H2,1-4H3,(H,19,21). The SMILES string of the molecule is CCCC(CC)CCCCNC(=O)C(CCN)NC(C)C. The molecule has 0 bridgehead atoms. The molecule has 4 N–H and O–H groups in total. The predicted molar refractivity (Wildman–Crippen MR) is 91.3 cm³/mol. The van der Waals surface area contributed by atoms with Crippen LogP contribution >= 0.6 is 0 Å². The molecule has 1 amide bonds. The molecule has 0 aliphatic rings. The molecule has 0 rings (SSSR count). The van der Waals surface area contributed by atoms with Gasteiger partial charge < -0.3 is 16.4 Å². The van der Waals surface area contributed by atoms with Crippen LogP contribution in [0.4, 0.5) is 0 Å². The molecular weight excluding hydrogens is 262 g/mol. The summed E-state index contributed by atoms with van der Waals surface area (Å²) < 4.78 is 0. The van der Waals surface area contributed by atoms with Crippen molar-refractivity contribution in [3.8, 4) is 0 Å². The fourth-order valence-electron chi connectivity index (χ4n) is 2.71. The van der Waals surface area contributed by atoms with Crippen molar-refractivity contribution in [3.63, 3.8) is 0 Å². The summed E-state index contributed by atoms with van der Waals surface area (Å²) in [4.78, 5) is 12.1. The summed E-state index contributed by atoms with van der Waals surface area (Å²) in [6.07, 6.45) is 8.14. The minimum atomic E-state index is -0.154. The van der Waals surface area contributed by atoms with Crippen LogP contribution in [0.1, 0.15) is 72.6 Å². The van der Waals surface area contributed by atoms with Crippen LogP contribution in [-0.2, 0) is 4.79 Å². The molecule has 4 heteroatoms. The predicted octanol–water partition coefficient (Wildman–Crippen LogP) is 2.81. The van der Waals surface area contributed by atoms with E-state index >= 15 is 0 Å². The Morgan fingerprint density at radius 3 is 2.33 bits per heavy atom. The van der Waals surface area contributed by atoms with E-state index in [9.17, 15) is 4.79 Å². The highest BCUT2D eigenvalue weighted by Crippen LogP contribution is 2.17. The molecule has 126 valence electrons. The third-order valence-corrected chi connectivity index (χ3v) is 3.92. The second-order valence-electron chi connectivity index (χ2n) is 6.30. The molecule has 0 aliphatic carbocycles. The Kier molecular flexibility index (Phi) is 12.7. The number of nitrogens with one attached hydrogen (secondary N) is 2. The van der Waals surface area contributed by atoms with Gasteiger partial charge in [-0.3, -0.25) is 4.79 Å². The van der Waals surface area contributed by atoms with E-state index in [0.29, 0.717) is 19.0 Å². The number of hydrogen-bond acceptors (Lipinski definition) is 3. The fraction of sp³-hybridized carbons (Fsp3) is 0.941. The average molecular weight is 300 g/mol. The second kappa shape index (κ2) is 13.1. The van der Waals surface area contributed by atoms with Gasteiger partial charge in [0.2, 0.25) is 5.91 Å². The van der Waals surface area contributed by atoms with Crippen molar-refractivity contribution in [2.75, 3.05) is 13.1 Å². The Bertz CT molecular complexity index is 256. The molecule has 0 aromatic carbocycles. The molecule has 0 saturated carbocycles. The van der Waals surface area contributed by atoms with Crippen LogP contribution in [0.5, 0.6) is 0 Å². The van der Waals surface area contributed by atoms with Crippen LogP contribution in [0.15, 0.2) is 0 Å². The summed E-state index contributed by atoms with van der Waals surface area (Å²) in [7, 11) is 0. The van der Waals surface area contributed by atoms with E-state index in [1.54, 1.807) is 0 Å². The van der Waals surface area contributed by atoms with Gasteiger partial charge in [0, 0.05) is 12.6 Å². The van der Waals surface area contributed by atoms with Crippen LogP contribution in [0.25, 0.3) is 0 Å². The van der Waals surface area contributed by atoms with Gasteiger partial charge in [-0.25, -0.2) is 0 Å². The Balaban J connectivity index is 3.85. The molecule has 0 saturated heterocycles. The molecule has 0 aromatic rings. The topological polar surface area (TPSA) is 67.2 Å². The summed E-state index contributed by atoms with van der Waals surface area (Å²) in [5.41, 5.74) is 5.58. The van der Waals surface area contributed by atoms with Crippen LogP contribution in [-0.4, -0.2) is 31.1 Å². The molecule has 0 aliphatic heterocycles. The number of amides is 1. The van der Waals surface area contributed by atoms with Crippen molar-refractivity contribution in [2.45, 2.75) is 84.7 Å². The van der Waals surface area contributed by atoms with Crippen molar-refractivity contribution >= 4 is 5.91 Å². The zero-order valence-corrected chi connectivity index (χ0v) is 14.6. The van der Waals surface area contributed by atoms with Gasteiger partial charge in [0.1, 0.15) is 0 Å². The van der Waals surface area contributed by atoms with E-state index in [0.717, 1.165) is 18.9 Å². The quantitative estimate of drug-likeness (QED) is 0.458. The van der Waals surface area contributed by atoms with Crippen LogP contribution < -0.4 is 16.4 Å². The number of hydrogen-bond donors (Lipinski definition) is 3. The van der Waals surface area contributed by atoms with E-state index in [1.807, 2.05) is 0 Å². The lowest BCUT2D eigenvalue weighted by Crippen LogP contribution is -2.48. The van der Waals surface area contributed by atoms with Gasteiger partial charge in [0.25, 0.3) is 0 Å². The lowest BCUT2D eigenvalue weighted by atomic mass is 9.94. The smallest absolute Gasteiger partial charge is 0.237 e. The number of carbonyl (C=O) groups excluding carboxylic acids is 1. The monoisotopic (exact) mass is 299 g/mol. The van der Waals surface area contributed by atoms with Gasteiger partial charge in [-0.15, -0.1) is 0 Å². The minimum Gasteiger partial charge on any atom is -0.355 e. The maximum atomic E-state index is 12.1. The Hall–Kier alpha value is -0.610. The van der Waals surface area contributed by atoms with Crippen molar-refractivity contribution in [3.05, 3.63) is 0 Å². The first kappa shape index (κ1) is 20.4. The van der Waals surface area contributed by atoms with Crippen molar-refractivity contribution in [1.82, 2.24) is 10.6 Å². The largest absolute Gasteiger partial charge is 0.355 e. The van der Waals surface area contributed by atoms with Gasteiger partial charge in [0.15, 0.2) is 0 Å². The van der Waals surface area contributed by atoms with E-state index in [-0.39, 0.29) is 11.9 Å². The van der Waals surface area contributed by atoms with Gasteiger partial charge in [-0.05, 0) is 25.3 Å². The summed E-state index contributed by atoms with van der Waals surface area (Å²) >= 11 is 0. The molecule has 0 heterocycles. The highest BCUT2D eigenvalue weighted by atomic mass is 16.2. The number of nitrogens with two attached hydrogens (primary N) is 1. The number of rotatable bonds is 13. The van der Waals surface area contributed by atoms with Crippen LogP contribution in [0, 0.1) is 5.92 Å². The second-order valence-corrected chi connectivity index (χ2v) is 6.30. The summed E-state index contributed by atoms with van der Waals surface area (Å²) in [6, 6.07) is 0.144. The Morgan fingerprint density at radius 1 is 1.10 bits per heavy atom. The maximum absolute atomic E-state index is 12.1. The number of unbranched alkanes of at least 4 members (excludes halogenated alkanes) is 1.